The molecule has 2 aliphatic heterocycles. The van der Waals surface area contributed by atoms with Crippen LogP contribution in [0, 0.1) is 5.92 Å². The number of anilines is 1. The van der Waals surface area contributed by atoms with E-state index in [0.29, 0.717) is 24.7 Å². The maximum Gasteiger partial charge on any atom is 0.387 e. The molecule has 0 aliphatic carbocycles. The predicted molar refractivity (Wildman–Crippen MR) is 173 cm³/mol. The number of halogens is 2. The highest BCUT2D eigenvalue weighted by Gasteiger charge is 2.27. The van der Waals surface area contributed by atoms with Crippen molar-refractivity contribution in [1.29, 1.82) is 0 Å². The van der Waals surface area contributed by atoms with Crippen LogP contribution in [-0.2, 0) is 16.1 Å². The zero-order valence-electron chi connectivity index (χ0n) is 26.3. The normalized spacial score (nSPS) is 16.3. The van der Waals surface area contributed by atoms with Crippen molar-refractivity contribution in [3.05, 3.63) is 54.6 Å². The molecular formula is C32H38F2N8O4S. The van der Waals surface area contributed by atoms with E-state index in [1.165, 1.54) is 21.5 Å². The van der Waals surface area contributed by atoms with Gasteiger partial charge in [-0.25, -0.2) is 9.50 Å². The van der Waals surface area contributed by atoms with Gasteiger partial charge in [-0.15, -0.1) is 11.8 Å². The molecule has 4 aromatic rings. The Morgan fingerprint density at radius 1 is 1.15 bits per heavy atom. The summed E-state index contributed by atoms with van der Waals surface area (Å²) in [5.41, 5.74) is 1.26. The quantitative estimate of drug-likeness (QED) is 0.230. The lowest BCUT2D eigenvalue weighted by Gasteiger charge is -2.36. The molecule has 0 spiro atoms. The van der Waals surface area contributed by atoms with Crippen molar-refractivity contribution in [3.63, 3.8) is 0 Å². The van der Waals surface area contributed by atoms with E-state index >= 15 is 0 Å². The molecule has 2 amide bonds. The van der Waals surface area contributed by atoms with Crippen LogP contribution in [0.4, 0.5) is 14.5 Å². The van der Waals surface area contributed by atoms with E-state index in [2.05, 4.69) is 25.4 Å². The first kappa shape index (κ1) is 32.8. The first-order valence-electron chi connectivity index (χ1n) is 15.7. The Morgan fingerprint density at radius 2 is 1.94 bits per heavy atom. The van der Waals surface area contributed by atoms with Crippen LogP contribution < -0.4 is 10.1 Å². The van der Waals surface area contributed by atoms with E-state index in [-0.39, 0.29) is 46.0 Å². The summed E-state index contributed by atoms with van der Waals surface area (Å²) < 4.78 is 40.3. The minimum absolute atomic E-state index is 0.0826. The van der Waals surface area contributed by atoms with Gasteiger partial charge in [0.05, 0.1) is 25.1 Å². The van der Waals surface area contributed by atoms with Crippen LogP contribution in [0.25, 0.3) is 16.9 Å². The van der Waals surface area contributed by atoms with Crippen LogP contribution in [0.5, 0.6) is 5.75 Å². The number of rotatable bonds is 11. The van der Waals surface area contributed by atoms with Crippen molar-refractivity contribution in [2.24, 2.45) is 5.92 Å². The number of piperidine rings is 1. The van der Waals surface area contributed by atoms with Crippen molar-refractivity contribution in [2.45, 2.75) is 50.0 Å². The Labute approximate surface area is 275 Å². The first-order valence-corrected chi connectivity index (χ1v) is 16.6. The molecule has 0 atom stereocenters. The van der Waals surface area contributed by atoms with Crippen LogP contribution in [0.3, 0.4) is 0 Å². The number of hydrogen-bond donors (Lipinski definition) is 1. The number of carbonyl (C=O) groups excluding carboxylic acids is 2. The Kier molecular flexibility index (Phi) is 10.3. The molecule has 2 saturated heterocycles. The van der Waals surface area contributed by atoms with Gasteiger partial charge >= 0.3 is 6.61 Å². The molecule has 0 unspecified atom stereocenters. The number of alkyl halides is 2. The second-order valence-electron chi connectivity index (χ2n) is 11.9. The molecular weight excluding hydrogens is 630 g/mol. The number of likely N-dealkylation sites (tertiary alicyclic amines) is 1. The molecule has 47 heavy (non-hydrogen) atoms. The number of aromatic nitrogens is 5. The third-order valence-electron chi connectivity index (χ3n) is 8.21. The Morgan fingerprint density at radius 3 is 2.68 bits per heavy atom. The van der Waals surface area contributed by atoms with Gasteiger partial charge in [-0.05, 0) is 43.0 Å². The number of nitrogens with one attached hydrogen (secondary N) is 1. The van der Waals surface area contributed by atoms with E-state index < -0.39 is 12.5 Å². The molecule has 2 aliphatic rings. The molecule has 250 valence electrons. The van der Waals surface area contributed by atoms with Crippen molar-refractivity contribution in [1.82, 2.24) is 34.2 Å². The fourth-order valence-corrected chi connectivity index (χ4v) is 6.84. The average Bonchev–Trinajstić information content (AvgIpc) is 3.66. The van der Waals surface area contributed by atoms with Gasteiger partial charge in [0.2, 0.25) is 5.91 Å². The highest BCUT2D eigenvalue weighted by Crippen LogP contribution is 2.39. The number of carbonyl (C=O) groups is 2. The number of nitrogens with zero attached hydrogens (tertiary/aromatic N) is 7. The lowest BCUT2D eigenvalue weighted by Crippen LogP contribution is -2.45. The number of thioether (sulfide) groups is 1. The highest BCUT2D eigenvalue weighted by molar-refractivity contribution is 7.99. The molecule has 5 heterocycles. The van der Waals surface area contributed by atoms with E-state index in [0.717, 1.165) is 50.6 Å². The molecule has 2 fully saturated rings. The van der Waals surface area contributed by atoms with Crippen LogP contribution in [0.2, 0.25) is 0 Å². The van der Waals surface area contributed by atoms with Gasteiger partial charge in [-0.2, -0.15) is 19.0 Å². The molecule has 12 nitrogen and oxygen atoms in total. The van der Waals surface area contributed by atoms with Crippen molar-refractivity contribution in [3.8, 4) is 17.0 Å². The summed E-state index contributed by atoms with van der Waals surface area (Å²) in [5.74, 6) is -0.201. The van der Waals surface area contributed by atoms with Crippen molar-refractivity contribution >= 4 is 34.9 Å². The molecule has 1 N–H and O–H groups in total. The number of hydrogen-bond acceptors (Lipinski definition) is 9. The van der Waals surface area contributed by atoms with Gasteiger partial charge < -0.3 is 19.7 Å². The maximum absolute atomic E-state index is 13.5. The zero-order chi connectivity index (χ0) is 32.9. The molecule has 3 aromatic heterocycles. The Balaban J connectivity index is 1.25. The summed E-state index contributed by atoms with van der Waals surface area (Å²) in [7, 11) is 0. The topological polar surface area (TPSA) is 119 Å². The van der Waals surface area contributed by atoms with E-state index in [1.807, 2.05) is 18.7 Å². The fraction of sp³-hybridized carbons (Fsp3) is 0.469. The molecule has 0 radical (unpaired) electrons. The van der Waals surface area contributed by atoms with Crippen molar-refractivity contribution < 1.29 is 27.8 Å². The smallest absolute Gasteiger partial charge is 0.387 e. The van der Waals surface area contributed by atoms with Crippen LogP contribution >= 0.6 is 11.8 Å². The van der Waals surface area contributed by atoms with Gasteiger partial charge in [-0.3, -0.25) is 19.2 Å². The standard InChI is InChI=1S/C32H38F2N8O4S/c1-21(2)47-23-4-5-27(46-32(33)34)24(16-23)29-26(37-31(44)25-17-36-42-9-3-8-35-30(25)42)19-41(38-29)20-28(43)40-10-6-22(7-11-40)18-39-12-14-45-15-13-39/h3-5,8-9,16-17,19,21-22,32H,6-7,10-15,18,20H2,1-2H3,(H,37,44). The van der Waals surface area contributed by atoms with Gasteiger partial charge in [0.1, 0.15) is 23.6 Å². The van der Waals surface area contributed by atoms with Gasteiger partial charge in [0, 0.05) is 67.0 Å². The molecule has 0 bridgehead atoms. The fourth-order valence-electron chi connectivity index (χ4n) is 5.96. The molecule has 6 rings (SSSR count). The summed E-state index contributed by atoms with van der Waals surface area (Å²) >= 11 is 1.55. The molecule has 15 heteroatoms. The number of morpholine rings is 1. The number of benzene rings is 1. The van der Waals surface area contributed by atoms with E-state index in [1.54, 1.807) is 48.6 Å². The predicted octanol–water partition coefficient (Wildman–Crippen LogP) is 4.52. The second kappa shape index (κ2) is 14.8. The third kappa shape index (κ3) is 8.08. The van der Waals surface area contributed by atoms with Gasteiger partial charge in [0.25, 0.3) is 5.91 Å². The zero-order valence-corrected chi connectivity index (χ0v) is 27.2. The molecule has 0 saturated carbocycles. The number of amides is 2. The van der Waals surface area contributed by atoms with E-state index in [4.69, 9.17) is 9.47 Å². The number of ether oxygens (including phenoxy) is 2. The second-order valence-corrected chi connectivity index (χ2v) is 13.6. The minimum atomic E-state index is -3.07. The Bertz CT molecular complexity index is 1700. The summed E-state index contributed by atoms with van der Waals surface area (Å²) in [5, 5.41) is 11.9. The highest BCUT2D eigenvalue weighted by atomic mass is 32.2. The first-order chi connectivity index (χ1) is 22.7. The van der Waals surface area contributed by atoms with Crippen LogP contribution in [0.1, 0.15) is 37.0 Å². The third-order valence-corrected chi connectivity index (χ3v) is 9.21. The van der Waals surface area contributed by atoms with Gasteiger partial charge in [0.15, 0.2) is 5.65 Å². The van der Waals surface area contributed by atoms with Gasteiger partial charge in [-0.1, -0.05) is 13.8 Å². The van der Waals surface area contributed by atoms with Crippen LogP contribution in [-0.4, -0.2) is 104 Å². The lowest BCUT2D eigenvalue weighted by molar-refractivity contribution is -0.133. The van der Waals surface area contributed by atoms with Crippen LogP contribution in [0.15, 0.2) is 53.9 Å². The summed E-state index contributed by atoms with van der Waals surface area (Å²) in [4.78, 5) is 36.3. The summed E-state index contributed by atoms with van der Waals surface area (Å²) in [6.07, 6.45) is 8.00. The largest absolute Gasteiger partial charge is 0.434 e. The minimum Gasteiger partial charge on any atom is -0.434 e. The number of fused-ring (bicyclic) bond motifs is 1. The average molecular weight is 669 g/mol. The monoisotopic (exact) mass is 668 g/mol. The lowest BCUT2D eigenvalue weighted by atomic mass is 9.96. The van der Waals surface area contributed by atoms with E-state index in [9.17, 15) is 18.4 Å². The molecule has 1 aromatic carbocycles. The summed E-state index contributed by atoms with van der Waals surface area (Å²) in [6.45, 7) is 6.60. The Hall–Kier alpha value is -4.08. The van der Waals surface area contributed by atoms with Crippen molar-refractivity contribution in [2.75, 3.05) is 51.3 Å². The SMILES string of the molecule is CC(C)Sc1ccc(OC(F)F)c(-c2nn(CC(=O)N3CCC(CN4CCOCC4)CC3)cc2NC(=O)c2cnn3cccnc23)c1. The maximum atomic E-state index is 13.5. The summed E-state index contributed by atoms with van der Waals surface area (Å²) in [6, 6.07) is 6.58.